The van der Waals surface area contributed by atoms with Crippen LogP contribution in [0.15, 0.2) is 18.5 Å². The molecule has 0 atom stereocenters. The normalized spacial score (nSPS) is 10.4. The molecule has 1 aromatic carbocycles. The lowest BCUT2D eigenvalue weighted by molar-refractivity contribution is 0.112. The van der Waals surface area contributed by atoms with Gasteiger partial charge in [-0.3, -0.25) is 4.79 Å². The molecule has 0 amide bonds. The van der Waals surface area contributed by atoms with E-state index in [1.807, 2.05) is 0 Å². The summed E-state index contributed by atoms with van der Waals surface area (Å²) < 4.78 is 0. The Morgan fingerprint density at radius 2 is 2.21 bits per heavy atom. The number of aromatic nitrogens is 2. The van der Waals surface area contributed by atoms with E-state index in [1.54, 1.807) is 6.07 Å². The minimum absolute atomic E-state index is 0.228. The number of carbonyl (C=O) groups excluding carboxylic acids is 1. The number of benzene rings is 1. The van der Waals surface area contributed by atoms with E-state index in [0.717, 1.165) is 0 Å². The van der Waals surface area contributed by atoms with Gasteiger partial charge >= 0.3 is 7.12 Å². The molecule has 14 heavy (non-hydrogen) atoms. The van der Waals surface area contributed by atoms with Crippen molar-refractivity contribution < 1.29 is 14.8 Å². The summed E-state index contributed by atoms with van der Waals surface area (Å²) >= 11 is 0. The molecule has 70 valence electrons. The fourth-order valence-electron chi connectivity index (χ4n) is 1.37. The highest BCUT2D eigenvalue weighted by Gasteiger charge is 2.17. The Kier molecular flexibility index (Phi) is 2.07. The number of fused-ring (bicyclic) bond motifs is 1. The summed E-state index contributed by atoms with van der Waals surface area (Å²) in [5.41, 5.74) is 1.68. The Bertz CT molecular complexity index is 480. The zero-order valence-electron chi connectivity index (χ0n) is 7.14. The summed E-state index contributed by atoms with van der Waals surface area (Å²) in [4.78, 5) is 17.3. The molecule has 3 N–H and O–H groups in total. The number of hydrogen-bond acceptors (Lipinski definition) is 4. The average molecular weight is 190 g/mol. The molecule has 0 radical (unpaired) electrons. The van der Waals surface area contributed by atoms with Crippen molar-refractivity contribution in [2.75, 3.05) is 0 Å². The Hall–Kier alpha value is -1.66. The smallest absolute Gasteiger partial charge is 0.423 e. The Morgan fingerprint density at radius 3 is 2.86 bits per heavy atom. The number of imidazole rings is 1. The van der Waals surface area contributed by atoms with E-state index in [-0.39, 0.29) is 5.46 Å². The van der Waals surface area contributed by atoms with Crippen LogP contribution >= 0.6 is 0 Å². The second kappa shape index (κ2) is 3.24. The van der Waals surface area contributed by atoms with Crippen molar-refractivity contribution in [3.8, 4) is 0 Å². The maximum atomic E-state index is 10.5. The van der Waals surface area contributed by atoms with Crippen LogP contribution in [0.5, 0.6) is 0 Å². The summed E-state index contributed by atoms with van der Waals surface area (Å²) in [5, 5.41) is 18.1. The van der Waals surface area contributed by atoms with Crippen LogP contribution in [0.25, 0.3) is 11.0 Å². The Morgan fingerprint density at radius 1 is 1.43 bits per heavy atom. The van der Waals surface area contributed by atoms with Gasteiger partial charge in [0.05, 0.1) is 17.4 Å². The molecule has 5 nitrogen and oxygen atoms in total. The highest BCUT2D eigenvalue weighted by Crippen LogP contribution is 2.08. The standard InChI is InChI=1S/C8H7BN2O3/c12-3-5-1-6(9(13)14)8-7(2-5)10-4-11-8/h1-4,13-14H,(H,10,11). The van der Waals surface area contributed by atoms with Gasteiger partial charge in [-0.15, -0.1) is 0 Å². The van der Waals surface area contributed by atoms with Crippen molar-refractivity contribution in [3.05, 3.63) is 24.0 Å². The third kappa shape index (κ3) is 1.30. The van der Waals surface area contributed by atoms with E-state index in [2.05, 4.69) is 9.97 Å². The SMILES string of the molecule is O=Cc1cc(B(O)O)c2nc[nH]c2c1. The molecule has 0 fully saturated rings. The number of aromatic amines is 1. The number of aldehydes is 1. The molecule has 0 aliphatic heterocycles. The van der Waals surface area contributed by atoms with Gasteiger partial charge in [0.2, 0.25) is 0 Å². The Labute approximate surface area is 79.5 Å². The van der Waals surface area contributed by atoms with E-state index < -0.39 is 7.12 Å². The molecule has 0 aliphatic carbocycles. The van der Waals surface area contributed by atoms with E-state index in [4.69, 9.17) is 10.0 Å². The summed E-state index contributed by atoms with van der Waals surface area (Å²) in [6, 6.07) is 3.00. The summed E-state index contributed by atoms with van der Waals surface area (Å²) in [6.07, 6.45) is 2.08. The first-order chi connectivity index (χ1) is 6.72. The van der Waals surface area contributed by atoms with Crippen molar-refractivity contribution in [2.24, 2.45) is 0 Å². The summed E-state index contributed by atoms with van der Waals surface area (Å²) in [7, 11) is -1.62. The van der Waals surface area contributed by atoms with Gasteiger partial charge in [0.1, 0.15) is 6.29 Å². The molecule has 0 saturated heterocycles. The molecule has 2 aromatic rings. The minimum Gasteiger partial charge on any atom is -0.423 e. The van der Waals surface area contributed by atoms with E-state index in [0.29, 0.717) is 22.9 Å². The lowest BCUT2D eigenvalue weighted by Crippen LogP contribution is -2.31. The lowest BCUT2D eigenvalue weighted by atomic mass is 9.78. The quantitative estimate of drug-likeness (QED) is 0.421. The fourth-order valence-corrected chi connectivity index (χ4v) is 1.37. The van der Waals surface area contributed by atoms with Crippen LogP contribution in [0.2, 0.25) is 0 Å². The third-order valence-electron chi connectivity index (χ3n) is 1.99. The van der Waals surface area contributed by atoms with Gasteiger partial charge < -0.3 is 15.0 Å². The van der Waals surface area contributed by atoms with Crippen LogP contribution in [-0.2, 0) is 0 Å². The summed E-state index contributed by atoms with van der Waals surface area (Å²) in [5.74, 6) is 0. The number of carbonyl (C=O) groups is 1. The number of hydrogen-bond donors (Lipinski definition) is 3. The van der Waals surface area contributed by atoms with Crippen LogP contribution in [-0.4, -0.2) is 33.4 Å². The molecule has 2 rings (SSSR count). The van der Waals surface area contributed by atoms with Gasteiger partial charge in [0.15, 0.2) is 0 Å². The molecular weight excluding hydrogens is 183 g/mol. The zero-order chi connectivity index (χ0) is 10.1. The van der Waals surface area contributed by atoms with Crippen molar-refractivity contribution in [3.63, 3.8) is 0 Å². The van der Waals surface area contributed by atoms with Gasteiger partial charge in [-0.25, -0.2) is 4.98 Å². The van der Waals surface area contributed by atoms with Crippen molar-refractivity contribution in [1.29, 1.82) is 0 Å². The first-order valence-electron chi connectivity index (χ1n) is 4.00. The number of nitrogens with zero attached hydrogens (tertiary/aromatic N) is 1. The molecule has 0 bridgehead atoms. The Balaban J connectivity index is 2.76. The number of rotatable bonds is 2. The molecule has 0 saturated carbocycles. The van der Waals surface area contributed by atoms with E-state index in [1.165, 1.54) is 12.4 Å². The molecular formula is C8H7BN2O3. The number of nitrogens with one attached hydrogen (secondary N) is 1. The van der Waals surface area contributed by atoms with Crippen LogP contribution < -0.4 is 5.46 Å². The molecule has 0 aliphatic rings. The maximum Gasteiger partial charge on any atom is 0.490 e. The first-order valence-corrected chi connectivity index (χ1v) is 4.00. The van der Waals surface area contributed by atoms with Crippen LogP contribution in [0, 0.1) is 0 Å². The van der Waals surface area contributed by atoms with Crippen molar-refractivity contribution >= 4 is 29.9 Å². The maximum absolute atomic E-state index is 10.5. The van der Waals surface area contributed by atoms with Crippen LogP contribution in [0.4, 0.5) is 0 Å². The monoisotopic (exact) mass is 190 g/mol. The lowest BCUT2D eigenvalue weighted by Gasteiger charge is -2.01. The fraction of sp³-hybridized carbons (Fsp3) is 0. The van der Waals surface area contributed by atoms with Gasteiger partial charge in [-0.05, 0) is 12.1 Å². The molecule has 1 aromatic heterocycles. The predicted octanol–water partition coefficient (Wildman–Crippen LogP) is -0.945. The van der Waals surface area contributed by atoms with Gasteiger partial charge in [-0.1, -0.05) is 0 Å². The topological polar surface area (TPSA) is 86.2 Å². The van der Waals surface area contributed by atoms with Crippen LogP contribution in [0.1, 0.15) is 10.4 Å². The van der Waals surface area contributed by atoms with Crippen molar-refractivity contribution in [2.45, 2.75) is 0 Å². The second-order valence-electron chi connectivity index (χ2n) is 2.90. The predicted molar refractivity (Wildman–Crippen MR) is 51.3 cm³/mol. The largest absolute Gasteiger partial charge is 0.490 e. The molecule has 1 heterocycles. The van der Waals surface area contributed by atoms with Crippen molar-refractivity contribution in [1.82, 2.24) is 9.97 Å². The van der Waals surface area contributed by atoms with E-state index in [9.17, 15) is 4.79 Å². The number of H-pyrrole nitrogens is 1. The van der Waals surface area contributed by atoms with E-state index >= 15 is 0 Å². The summed E-state index contributed by atoms with van der Waals surface area (Å²) in [6.45, 7) is 0. The van der Waals surface area contributed by atoms with Gasteiger partial charge in [0.25, 0.3) is 0 Å². The highest BCUT2D eigenvalue weighted by atomic mass is 16.4. The zero-order valence-corrected chi connectivity index (χ0v) is 7.14. The van der Waals surface area contributed by atoms with Gasteiger partial charge in [0, 0.05) is 11.0 Å². The molecule has 0 spiro atoms. The minimum atomic E-state index is -1.62. The second-order valence-corrected chi connectivity index (χ2v) is 2.90. The van der Waals surface area contributed by atoms with Crippen LogP contribution in [0.3, 0.4) is 0 Å². The highest BCUT2D eigenvalue weighted by molar-refractivity contribution is 6.61. The average Bonchev–Trinajstić information content (AvgIpc) is 2.63. The van der Waals surface area contributed by atoms with Gasteiger partial charge in [-0.2, -0.15) is 0 Å². The first kappa shape index (κ1) is 8.92. The third-order valence-corrected chi connectivity index (χ3v) is 1.99. The molecule has 0 unspecified atom stereocenters. The molecule has 6 heteroatoms.